The van der Waals surface area contributed by atoms with E-state index in [-0.39, 0.29) is 12.2 Å². The van der Waals surface area contributed by atoms with Crippen molar-refractivity contribution >= 4 is 0 Å². The molecule has 3 nitrogen and oxygen atoms in total. The van der Waals surface area contributed by atoms with Gasteiger partial charge in [0.2, 0.25) is 0 Å². The highest BCUT2D eigenvalue weighted by Gasteiger charge is 2.27. The fraction of sp³-hybridized carbons (Fsp3) is 0.556. The lowest BCUT2D eigenvalue weighted by Gasteiger charge is -2.08. The minimum Gasteiger partial charge on any atom is -0.348 e. The monoisotopic (exact) mass is 165 g/mol. The molecule has 2 unspecified atom stereocenters. The van der Waals surface area contributed by atoms with E-state index in [0.717, 1.165) is 12.0 Å². The summed E-state index contributed by atoms with van der Waals surface area (Å²) in [5, 5.41) is 0. The molecule has 1 aliphatic heterocycles. The number of nitrogens with two attached hydrogens (primary N) is 1. The molecular formula is C9H11NO2. The van der Waals surface area contributed by atoms with Crippen LogP contribution in [0.3, 0.4) is 0 Å². The first-order valence-electron chi connectivity index (χ1n) is 4.03. The van der Waals surface area contributed by atoms with E-state index in [2.05, 4.69) is 11.8 Å². The Labute approximate surface area is 71.5 Å². The van der Waals surface area contributed by atoms with Gasteiger partial charge in [-0.15, -0.1) is 0 Å². The van der Waals surface area contributed by atoms with Crippen molar-refractivity contribution in [2.24, 2.45) is 5.73 Å². The van der Waals surface area contributed by atoms with Crippen LogP contribution in [0.4, 0.5) is 0 Å². The van der Waals surface area contributed by atoms with Gasteiger partial charge >= 0.3 is 0 Å². The zero-order valence-corrected chi connectivity index (χ0v) is 6.75. The van der Waals surface area contributed by atoms with Gasteiger partial charge in [-0.2, -0.15) is 0 Å². The molecule has 1 heterocycles. The molecule has 0 spiro atoms. The lowest BCUT2D eigenvalue weighted by atomic mass is 10.1. The van der Waals surface area contributed by atoms with Gasteiger partial charge in [0, 0.05) is 18.5 Å². The van der Waals surface area contributed by atoms with Crippen molar-refractivity contribution in [3.05, 3.63) is 11.6 Å². The molecular weight excluding hydrogens is 154 g/mol. The lowest BCUT2D eigenvalue weighted by molar-refractivity contribution is 0.0438. The third-order valence-electron chi connectivity index (χ3n) is 2.05. The first-order chi connectivity index (χ1) is 5.90. The molecule has 3 heteroatoms. The highest BCUT2D eigenvalue weighted by atomic mass is 16.7. The summed E-state index contributed by atoms with van der Waals surface area (Å²) in [7, 11) is 0. The Morgan fingerprint density at radius 2 is 2.50 bits per heavy atom. The molecule has 0 aromatic heterocycles. The summed E-state index contributed by atoms with van der Waals surface area (Å²) in [5.74, 6) is 6.00. The van der Waals surface area contributed by atoms with E-state index in [1.54, 1.807) is 0 Å². The van der Waals surface area contributed by atoms with Crippen molar-refractivity contribution in [1.29, 1.82) is 0 Å². The van der Waals surface area contributed by atoms with Gasteiger partial charge in [0.1, 0.15) is 19.0 Å². The van der Waals surface area contributed by atoms with Crippen LogP contribution in [-0.2, 0) is 9.47 Å². The predicted molar refractivity (Wildman–Crippen MR) is 44.1 cm³/mol. The Morgan fingerprint density at radius 3 is 3.33 bits per heavy atom. The van der Waals surface area contributed by atoms with Crippen molar-refractivity contribution in [1.82, 2.24) is 0 Å². The third kappa shape index (κ3) is 1.37. The number of rotatable bonds is 1. The second kappa shape index (κ2) is 3.28. The molecule has 0 amide bonds. The standard InChI is InChI=1S/C9H11NO2/c10-5-7-2-1-3-8-9(4-7)12-6-11-8/h4,8-9H,3,5-6,10H2. The normalized spacial score (nSPS) is 32.9. The summed E-state index contributed by atoms with van der Waals surface area (Å²) >= 11 is 0. The summed E-state index contributed by atoms with van der Waals surface area (Å²) in [6.07, 6.45) is 2.87. The summed E-state index contributed by atoms with van der Waals surface area (Å²) in [5.41, 5.74) is 6.44. The first kappa shape index (κ1) is 7.81. The molecule has 1 saturated heterocycles. The van der Waals surface area contributed by atoms with Gasteiger partial charge in [-0.3, -0.25) is 0 Å². The van der Waals surface area contributed by atoms with E-state index in [0.29, 0.717) is 13.3 Å². The fourth-order valence-electron chi connectivity index (χ4n) is 1.36. The second-order valence-electron chi connectivity index (χ2n) is 2.86. The first-order valence-corrected chi connectivity index (χ1v) is 4.03. The zero-order valence-electron chi connectivity index (χ0n) is 6.75. The van der Waals surface area contributed by atoms with E-state index in [9.17, 15) is 0 Å². The largest absolute Gasteiger partial charge is 0.348 e. The van der Waals surface area contributed by atoms with Crippen LogP contribution in [0.1, 0.15) is 6.42 Å². The van der Waals surface area contributed by atoms with Gasteiger partial charge in [0.15, 0.2) is 0 Å². The Morgan fingerprint density at radius 1 is 1.58 bits per heavy atom. The topological polar surface area (TPSA) is 44.5 Å². The molecule has 64 valence electrons. The Bertz CT molecular complexity index is 261. The van der Waals surface area contributed by atoms with Crippen LogP contribution in [0.2, 0.25) is 0 Å². The molecule has 0 radical (unpaired) electrons. The van der Waals surface area contributed by atoms with Gasteiger partial charge in [-0.05, 0) is 6.08 Å². The van der Waals surface area contributed by atoms with Crippen LogP contribution in [0.25, 0.3) is 0 Å². The van der Waals surface area contributed by atoms with E-state index in [1.807, 2.05) is 6.08 Å². The molecule has 2 aliphatic rings. The smallest absolute Gasteiger partial charge is 0.148 e. The van der Waals surface area contributed by atoms with Gasteiger partial charge in [-0.25, -0.2) is 0 Å². The molecule has 0 bridgehead atoms. The van der Waals surface area contributed by atoms with E-state index < -0.39 is 0 Å². The van der Waals surface area contributed by atoms with Crippen LogP contribution in [0, 0.1) is 11.8 Å². The second-order valence-corrected chi connectivity index (χ2v) is 2.86. The zero-order chi connectivity index (χ0) is 8.39. The number of fused-ring (bicyclic) bond motifs is 1. The van der Waals surface area contributed by atoms with Crippen LogP contribution >= 0.6 is 0 Å². The van der Waals surface area contributed by atoms with E-state index >= 15 is 0 Å². The Hall–Kier alpha value is -0.820. The fourth-order valence-corrected chi connectivity index (χ4v) is 1.36. The highest BCUT2D eigenvalue weighted by molar-refractivity contribution is 5.33. The molecule has 2 atom stereocenters. The van der Waals surface area contributed by atoms with Gasteiger partial charge in [0.25, 0.3) is 0 Å². The molecule has 1 fully saturated rings. The van der Waals surface area contributed by atoms with E-state index in [4.69, 9.17) is 15.2 Å². The van der Waals surface area contributed by atoms with Crippen LogP contribution < -0.4 is 5.73 Å². The maximum Gasteiger partial charge on any atom is 0.148 e. The molecule has 0 aromatic rings. The molecule has 2 N–H and O–H groups in total. The molecule has 2 rings (SSSR count). The minimum atomic E-state index is 0.0473. The molecule has 1 aliphatic carbocycles. The quantitative estimate of drug-likeness (QED) is 0.557. The van der Waals surface area contributed by atoms with Gasteiger partial charge < -0.3 is 15.2 Å². The van der Waals surface area contributed by atoms with E-state index in [1.165, 1.54) is 0 Å². The van der Waals surface area contributed by atoms with Crippen LogP contribution in [0.5, 0.6) is 0 Å². The van der Waals surface area contributed by atoms with Crippen molar-refractivity contribution < 1.29 is 9.47 Å². The number of ether oxygens (including phenoxy) is 2. The average molecular weight is 165 g/mol. The van der Waals surface area contributed by atoms with Gasteiger partial charge in [-0.1, -0.05) is 11.8 Å². The Kier molecular flexibility index (Phi) is 2.13. The highest BCUT2D eigenvalue weighted by Crippen LogP contribution is 2.19. The van der Waals surface area contributed by atoms with Crippen LogP contribution in [0.15, 0.2) is 11.6 Å². The predicted octanol–water partition coefficient (Wildman–Crippen LogP) is 0.0201. The summed E-state index contributed by atoms with van der Waals surface area (Å²) in [6.45, 7) is 0.866. The minimum absolute atomic E-state index is 0.0473. The SMILES string of the molecule is NCC1=CC2OCOC2CC#C1. The Balaban J connectivity index is 2.19. The van der Waals surface area contributed by atoms with Crippen molar-refractivity contribution in [2.75, 3.05) is 13.3 Å². The van der Waals surface area contributed by atoms with Gasteiger partial charge in [0.05, 0.1) is 0 Å². The van der Waals surface area contributed by atoms with Crippen molar-refractivity contribution in [3.63, 3.8) is 0 Å². The molecule has 0 saturated carbocycles. The number of hydrogen-bond acceptors (Lipinski definition) is 3. The van der Waals surface area contributed by atoms with Crippen molar-refractivity contribution in [3.8, 4) is 11.8 Å². The average Bonchev–Trinajstić information content (AvgIpc) is 2.43. The van der Waals surface area contributed by atoms with Crippen molar-refractivity contribution in [2.45, 2.75) is 18.6 Å². The lowest BCUT2D eigenvalue weighted by Crippen LogP contribution is -2.19. The summed E-state index contributed by atoms with van der Waals surface area (Å²) in [4.78, 5) is 0. The summed E-state index contributed by atoms with van der Waals surface area (Å²) < 4.78 is 10.7. The maximum absolute atomic E-state index is 5.49. The van der Waals surface area contributed by atoms with Crippen LogP contribution in [-0.4, -0.2) is 25.5 Å². The number of hydrogen-bond donors (Lipinski definition) is 1. The maximum atomic E-state index is 5.49. The summed E-state index contributed by atoms with van der Waals surface area (Å²) in [6, 6.07) is 0. The molecule has 12 heavy (non-hydrogen) atoms. The molecule has 0 aromatic carbocycles. The third-order valence-corrected chi connectivity index (χ3v) is 2.05.